The zero-order valence-corrected chi connectivity index (χ0v) is 12.4. The van der Waals surface area contributed by atoms with Crippen molar-refractivity contribution in [1.29, 1.82) is 5.26 Å². The number of nitrogen functional groups attached to an aromatic ring is 1. The van der Waals surface area contributed by atoms with E-state index in [0.29, 0.717) is 39.1 Å². The van der Waals surface area contributed by atoms with Crippen molar-refractivity contribution < 1.29 is 9.47 Å². The molecule has 0 aliphatic heterocycles. The Morgan fingerprint density at radius 2 is 1.81 bits per heavy atom. The van der Waals surface area contributed by atoms with Crippen LogP contribution < -0.4 is 20.5 Å². The Morgan fingerprint density at radius 1 is 1.10 bits per heavy atom. The molecule has 2 aromatic rings. The number of hydrogen-bond donors (Lipinski definition) is 2. The van der Waals surface area contributed by atoms with E-state index >= 15 is 0 Å². The summed E-state index contributed by atoms with van der Waals surface area (Å²) in [5, 5.41) is 12.5. The Labute approximate surface area is 127 Å². The van der Waals surface area contributed by atoms with Gasteiger partial charge in [0.05, 0.1) is 47.9 Å². The van der Waals surface area contributed by atoms with Crippen LogP contribution in [-0.2, 0) is 0 Å². The fourth-order valence-electron chi connectivity index (χ4n) is 1.84. The Hall–Kier alpha value is -2.58. The average Bonchev–Trinajstić information content (AvgIpc) is 2.50. The van der Waals surface area contributed by atoms with Crippen LogP contribution in [0, 0.1) is 11.3 Å². The van der Waals surface area contributed by atoms with Crippen LogP contribution in [0.15, 0.2) is 30.3 Å². The number of methoxy groups -OCH3 is 2. The Bertz CT molecular complexity index is 711. The second-order valence-corrected chi connectivity index (χ2v) is 4.63. The van der Waals surface area contributed by atoms with Gasteiger partial charge < -0.3 is 20.5 Å². The van der Waals surface area contributed by atoms with Crippen molar-refractivity contribution in [1.82, 2.24) is 0 Å². The quantitative estimate of drug-likeness (QED) is 0.844. The summed E-state index contributed by atoms with van der Waals surface area (Å²) in [5.41, 5.74) is 8.19. The Kier molecular flexibility index (Phi) is 4.41. The van der Waals surface area contributed by atoms with Gasteiger partial charge in [0.15, 0.2) is 0 Å². The highest BCUT2D eigenvalue weighted by Gasteiger charge is 2.11. The topological polar surface area (TPSA) is 80.3 Å². The normalized spacial score (nSPS) is 9.81. The van der Waals surface area contributed by atoms with Gasteiger partial charge in [-0.2, -0.15) is 5.26 Å². The highest BCUT2D eigenvalue weighted by molar-refractivity contribution is 6.32. The molecular formula is C15H14ClN3O2. The maximum Gasteiger partial charge on any atom is 0.144 e. The third-order valence-corrected chi connectivity index (χ3v) is 3.22. The molecule has 0 aliphatic rings. The number of nitrogens with one attached hydrogen (secondary N) is 1. The Morgan fingerprint density at radius 3 is 2.43 bits per heavy atom. The molecule has 0 fully saturated rings. The van der Waals surface area contributed by atoms with E-state index in [4.69, 9.17) is 32.1 Å². The lowest BCUT2D eigenvalue weighted by atomic mass is 10.1. The largest absolute Gasteiger partial charge is 0.495 e. The van der Waals surface area contributed by atoms with Gasteiger partial charge in [0.2, 0.25) is 0 Å². The van der Waals surface area contributed by atoms with Crippen molar-refractivity contribution in [3.63, 3.8) is 0 Å². The molecule has 3 N–H and O–H groups in total. The summed E-state index contributed by atoms with van der Waals surface area (Å²) in [4.78, 5) is 0. The molecule has 0 amide bonds. The van der Waals surface area contributed by atoms with Gasteiger partial charge in [-0.25, -0.2) is 0 Å². The maximum absolute atomic E-state index is 8.96. The van der Waals surface area contributed by atoms with Gasteiger partial charge >= 0.3 is 0 Å². The van der Waals surface area contributed by atoms with Crippen LogP contribution in [0.3, 0.4) is 0 Å². The molecule has 0 bridgehead atoms. The second kappa shape index (κ2) is 6.25. The molecule has 0 aliphatic carbocycles. The van der Waals surface area contributed by atoms with Crippen LogP contribution >= 0.6 is 11.6 Å². The van der Waals surface area contributed by atoms with Gasteiger partial charge in [-0.15, -0.1) is 0 Å². The van der Waals surface area contributed by atoms with Crippen LogP contribution in [0.4, 0.5) is 17.1 Å². The lowest BCUT2D eigenvalue weighted by molar-refractivity contribution is 0.405. The zero-order valence-electron chi connectivity index (χ0n) is 11.6. The zero-order chi connectivity index (χ0) is 15.4. The number of anilines is 3. The first-order valence-electron chi connectivity index (χ1n) is 6.07. The van der Waals surface area contributed by atoms with E-state index in [-0.39, 0.29) is 0 Å². The van der Waals surface area contributed by atoms with E-state index in [1.807, 2.05) is 0 Å². The first-order valence-corrected chi connectivity index (χ1v) is 6.45. The molecule has 2 rings (SSSR count). The summed E-state index contributed by atoms with van der Waals surface area (Å²) in [6.45, 7) is 0. The van der Waals surface area contributed by atoms with Crippen molar-refractivity contribution >= 4 is 28.7 Å². The second-order valence-electron chi connectivity index (χ2n) is 4.23. The number of halogens is 1. The minimum absolute atomic E-state index is 0.443. The predicted molar refractivity (Wildman–Crippen MR) is 83.4 cm³/mol. The molecule has 0 aromatic heterocycles. The fraction of sp³-hybridized carbons (Fsp3) is 0.133. The van der Waals surface area contributed by atoms with Gasteiger partial charge in [-0.05, 0) is 18.2 Å². The first-order chi connectivity index (χ1) is 10.1. The van der Waals surface area contributed by atoms with Gasteiger partial charge in [0.25, 0.3) is 0 Å². The number of nitrogens with two attached hydrogens (primary N) is 1. The van der Waals surface area contributed by atoms with Crippen LogP contribution in [-0.4, -0.2) is 14.2 Å². The molecular weight excluding hydrogens is 290 g/mol. The van der Waals surface area contributed by atoms with E-state index in [0.717, 1.165) is 0 Å². The summed E-state index contributed by atoms with van der Waals surface area (Å²) in [5.74, 6) is 1.05. The molecule has 0 heterocycles. The van der Waals surface area contributed by atoms with Gasteiger partial charge in [-0.1, -0.05) is 11.6 Å². The maximum atomic E-state index is 8.96. The number of nitriles is 1. The molecule has 0 unspecified atom stereocenters. The van der Waals surface area contributed by atoms with E-state index in [1.165, 1.54) is 7.11 Å². The molecule has 21 heavy (non-hydrogen) atoms. The summed E-state index contributed by atoms with van der Waals surface area (Å²) >= 11 is 6.06. The van der Waals surface area contributed by atoms with Gasteiger partial charge in [0.1, 0.15) is 11.5 Å². The molecule has 6 heteroatoms. The van der Waals surface area contributed by atoms with Crippen LogP contribution in [0.2, 0.25) is 5.02 Å². The first kappa shape index (κ1) is 14.8. The van der Waals surface area contributed by atoms with Crippen LogP contribution in [0.5, 0.6) is 11.5 Å². The number of rotatable bonds is 4. The molecule has 0 radical (unpaired) electrons. The van der Waals surface area contributed by atoms with Crippen molar-refractivity contribution in [2.75, 3.05) is 25.3 Å². The van der Waals surface area contributed by atoms with Gasteiger partial charge in [0, 0.05) is 12.1 Å². The van der Waals surface area contributed by atoms with Crippen LogP contribution in [0.25, 0.3) is 0 Å². The highest BCUT2D eigenvalue weighted by atomic mass is 35.5. The number of nitrogens with zero attached hydrogens (tertiary/aromatic N) is 1. The van der Waals surface area contributed by atoms with E-state index in [2.05, 4.69) is 11.4 Å². The van der Waals surface area contributed by atoms with Crippen molar-refractivity contribution in [2.45, 2.75) is 0 Å². The smallest absolute Gasteiger partial charge is 0.144 e. The number of benzene rings is 2. The van der Waals surface area contributed by atoms with E-state index in [9.17, 15) is 0 Å². The van der Waals surface area contributed by atoms with Crippen LogP contribution in [0.1, 0.15) is 5.56 Å². The third-order valence-electron chi connectivity index (χ3n) is 2.93. The van der Waals surface area contributed by atoms with Crippen molar-refractivity contribution in [3.05, 3.63) is 40.9 Å². The SMILES string of the molecule is COc1cc(Nc2cc(C#N)ccc2N)c(OC)cc1Cl. The highest BCUT2D eigenvalue weighted by Crippen LogP contribution is 2.38. The fourth-order valence-corrected chi connectivity index (χ4v) is 2.07. The van der Waals surface area contributed by atoms with E-state index in [1.54, 1.807) is 37.4 Å². The summed E-state index contributed by atoms with van der Waals surface area (Å²) in [7, 11) is 3.07. The summed E-state index contributed by atoms with van der Waals surface area (Å²) in [6, 6.07) is 10.4. The monoisotopic (exact) mass is 303 g/mol. The van der Waals surface area contributed by atoms with Crippen molar-refractivity contribution in [2.24, 2.45) is 0 Å². The molecule has 2 aromatic carbocycles. The summed E-state index contributed by atoms with van der Waals surface area (Å²) < 4.78 is 10.5. The molecule has 0 saturated heterocycles. The molecule has 0 spiro atoms. The van der Waals surface area contributed by atoms with Crippen molar-refractivity contribution in [3.8, 4) is 17.6 Å². The Balaban J connectivity index is 2.46. The minimum atomic E-state index is 0.443. The van der Waals surface area contributed by atoms with Gasteiger partial charge in [-0.3, -0.25) is 0 Å². The predicted octanol–water partition coefficient (Wildman–Crippen LogP) is 3.55. The third kappa shape index (κ3) is 3.12. The molecule has 0 saturated carbocycles. The molecule has 5 nitrogen and oxygen atoms in total. The average molecular weight is 304 g/mol. The van der Waals surface area contributed by atoms with E-state index < -0.39 is 0 Å². The number of ether oxygens (including phenoxy) is 2. The molecule has 108 valence electrons. The minimum Gasteiger partial charge on any atom is -0.495 e. The standard InChI is InChI=1S/C15H14ClN3O2/c1-20-14-7-13(15(21-2)6-10(14)16)19-12-5-9(8-17)3-4-11(12)18/h3-7,19H,18H2,1-2H3. The lowest BCUT2D eigenvalue weighted by Crippen LogP contribution is -2.00. The lowest BCUT2D eigenvalue weighted by Gasteiger charge is -2.15. The number of hydrogen-bond acceptors (Lipinski definition) is 5. The summed E-state index contributed by atoms with van der Waals surface area (Å²) in [6.07, 6.45) is 0. The molecule has 0 atom stereocenters.